The van der Waals surface area contributed by atoms with Crippen LogP contribution in [0.4, 0.5) is 18.9 Å². The van der Waals surface area contributed by atoms with E-state index in [0.29, 0.717) is 25.1 Å². The van der Waals surface area contributed by atoms with Crippen molar-refractivity contribution in [2.75, 3.05) is 40.5 Å². The number of aliphatic hydroxyl groups excluding tert-OH is 1. The van der Waals surface area contributed by atoms with Crippen molar-refractivity contribution < 1.29 is 47.0 Å². The van der Waals surface area contributed by atoms with E-state index in [1.165, 1.54) is 19.1 Å². The van der Waals surface area contributed by atoms with Gasteiger partial charge in [0.25, 0.3) is 5.69 Å². The maximum Gasteiger partial charge on any atom is 0.431 e. The van der Waals surface area contributed by atoms with Crippen LogP contribution >= 0.6 is 12.4 Å². The highest BCUT2D eigenvalue weighted by atomic mass is 35.5. The molecule has 0 aliphatic carbocycles. The molecule has 11 nitrogen and oxygen atoms in total. The molecule has 0 spiro atoms. The summed E-state index contributed by atoms with van der Waals surface area (Å²) in [6.07, 6.45) is -2.92. The van der Waals surface area contributed by atoms with Crippen LogP contribution in [0.3, 0.4) is 0 Å². The van der Waals surface area contributed by atoms with E-state index >= 15 is 0 Å². The van der Waals surface area contributed by atoms with Crippen LogP contribution in [0.15, 0.2) is 77.1 Å². The number of benzene rings is 2. The third kappa shape index (κ3) is 11.3. The summed E-state index contributed by atoms with van der Waals surface area (Å²) < 4.78 is 57.8. The Balaban J connectivity index is 0.00000768. The number of para-hydroxylation sites is 1. The lowest BCUT2D eigenvalue weighted by molar-refractivity contribution is -0.384. The third-order valence-corrected chi connectivity index (χ3v) is 7.26. The van der Waals surface area contributed by atoms with Crippen molar-refractivity contribution in [3.05, 3.63) is 92.8 Å². The molecule has 15 heteroatoms. The number of esters is 2. The third-order valence-electron chi connectivity index (χ3n) is 7.26. The van der Waals surface area contributed by atoms with Gasteiger partial charge >= 0.3 is 18.1 Å². The number of dihydropyridines is 1. The number of halogens is 4. The average molecular weight is 686 g/mol. The predicted molar refractivity (Wildman–Crippen MR) is 169 cm³/mol. The number of alkyl halides is 3. The van der Waals surface area contributed by atoms with Crippen LogP contribution in [-0.2, 0) is 19.1 Å². The molecule has 2 unspecified atom stereocenters. The molecule has 2 aromatic rings. The Kier molecular flexibility index (Phi) is 15.2. The zero-order valence-corrected chi connectivity index (χ0v) is 27.1. The van der Waals surface area contributed by atoms with Gasteiger partial charge in [-0.15, -0.1) is 12.4 Å². The number of hydrogen-bond acceptors (Lipinski definition) is 10. The highest BCUT2D eigenvalue weighted by Gasteiger charge is 2.47. The largest absolute Gasteiger partial charge is 0.491 e. The van der Waals surface area contributed by atoms with Crippen LogP contribution in [0.1, 0.15) is 44.1 Å². The monoisotopic (exact) mass is 685 g/mol. The molecule has 3 rings (SSSR count). The van der Waals surface area contributed by atoms with Gasteiger partial charge in [0.2, 0.25) is 0 Å². The number of unbranched alkanes of at least 4 members (excludes halogenated alkanes) is 3. The summed E-state index contributed by atoms with van der Waals surface area (Å²) in [7, 11) is 2.79. The molecule has 1 aliphatic rings. The van der Waals surface area contributed by atoms with E-state index in [4.69, 9.17) is 9.47 Å². The molecule has 0 saturated heterocycles. The number of non-ortho nitro benzene ring substituents is 1. The Bertz CT molecular complexity index is 1440. The number of nitro groups is 1. The Hall–Kier alpha value is -4.14. The van der Waals surface area contributed by atoms with Gasteiger partial charge < -0.3 is 29.5 Å². The number of ether oxygens (including phenoxy) is 3. The molecule has 2 aromatic carbocycles. The summed E-state index contributed by atoms with van der Waals surface area (Å²) in [6, 6.07) is 13.9. The molecule has 47 heavy (non-hydrogen) atoms. The molecule has 0 bridgehead atoms. The van der Waals surface area contributed by atoms with Crippen molar-refractivity contribution in [3.63, 3.8) is 0 Å². The van der Waals surface area contributed by atoms with Crippen LogP contribution in [-0.4, -0.2) is 79.6 Å². The Morgan fingerprint density at radius 2 is 1.72 bits per heavy atom. The molecular weight excluding hydrogens is 647 g/mol. The number of likely N-dealkylation sites (N-methyl/N-ethyl adjacent to an activating group) is 1. The van der Waals surface area contributed by atoms with Crippen LogP contribution in [0.25, 0.3) is 0 Å². The van der Waals surface area contributed by atoms with Crippen molar-refractivity contribution in [2.45, 2.75) is 50.8 Å². The highest BCUT2D eigenvalue weighted by Crippen LogP contribution is 2.44. The van der Waals surface area contributed by atoms with Gasteiger partial charge in [0.05, 0.1) is 35.7 Å². The molecule has 0 radical (unpaired) electrons. The molecular formula is C32H39ClF3N3O8. The van der Waals surface area contributed by atoms with Crippen molar-refractivity contribution in [1.82, 2.24) is 10.2 Å². The van der Waals surface area contributed by atoms with E-state index in [2.05, 4.69) is 10.1 Å². The van der Waals surface area contributed by atoms with E-state index in [9.17, 15) is 38.0 Å². The molecule has 1 aliphatic heterocycles. The molecule has 0 aromatic heterocycles. The molecule has 2 atom stereocenters. The summed E-state index contributed by atoms with van der Waals surface area (Å²) in [6.45, 7) is 2.52. The van der Waals surface area contributed by atoms with Gasteiger partial charge in [0.1, 0.15) is 24.2 Å². The van der Waals surface area contributed by atoms with E-state index < -0.39 is 52.0 Å². The summed E-state index contributed by atoms with van der Waals surface area (Å²) in [4.78, 5) is 38.7. The van der Waals surface area contributed by atoms with E-state index in [1.54, 1.807) is 0 Å². The van der Waals surface area contributed by atoms with Gasteiger partial charge in [-0.1, -0.05) is 43.2 Å². The standard InChI is InChI=1S/C32H38F3N3O8.ClH/c1-21-26(27(22-12-11-13-23(18-22)38(42)43)28(30(40)44-3)29(36-21)32(33,34)35)31(41)45-17-10-5-4-9-16-37(2)19-24(39)20-46-25-14-7-6-8-15-25;/h6-8,11-15,18,24,27,36,39H,4-5,9-10,16-17,19-20H2,1-3H3;1H. The van der Waals surface area contributed by atoms with E-state index in [-0.39, 0.29) is 42.5 Å². The number of hydrogen-bond donors (Lipinski definition) is 2. The van der Waals surface area contributed by atoms with E-state index in [1.807, 2.05) is 42.3 Å². The number of rotatable bonds is 16. The van der Waals surface area contributed by atoms with Gasteiger partial charge in [-0.05, 0) is 51.1 Å². The first kappa shape index (κ1) is 39.0. The second kappa shape index (κ2) is 18.3. The predicted octanol–water partition coefficient (Wildman–Crippen LogP) is 5.44. The number of carbonyl (C=O) groups excluding carboxylic acids is 2. The fourth-order valence-electron chi connectivity index (χ4n) is 5.10. The molecule has 2 N–H and O–H groups in total. The zero-order valence-electron chi connectivity index (χ0n) is 26.2. The Morgan fingerprint density at radius 1 is 1.04 bits per heavy atom. The lowest BCUT2D eigenvalue weighted by Gasteiger charge is -2.31. The topological polar surface area (TPSA) is 140 Å². The maximum atomic E-state index is 14.1. The smallest absolute Gasteiger partial charge is 0.431 e. The highest BCUT2D eigenvalue weighted by molar-refractivity contribution is 6.00. The van der Waals surface area contributed by atoms with Crippen LogP contribution in [0, 0.1) is 10.1 Å². The fourth-order valence-corrected chi connectivity index (χ4v) is 5.10. The van der Waals surface area contributed by atoms with Crippen LogP contribution in [0.2, 0.25) is 0 Å². The minimum atomic E-state index is -5.03. The van der Waals surface area contributed by atoms with Gasteiger partial charge in [-0.2, -0.15) is 13.2 Å². The second-order valence-electron chi connectivity index (χ2n) is 10.8. The zero-order chi connectivity index (χ0) is 33.9. The minimum absolute atomic E-state index is 0. The molecule has 0 fully saturated rings. The number of aliphatic hydroxyl groups is 1. The number of carbonyl (C=O) groups is 2. The van der Waals surface area contributed by atoms with Gasteiger partial charge in [0.15, 0.2) is 0 Å². The van der Waals surface area contributed by atoms with Gasteiger partial charge in [-0.3, -0.25) is 10.1 Å². The van der Waals surface area contributed by atoms with Crippen molar-refractivity contribution in [1.29, 1.82) is 0 Å². The number of nitro benzene ring substituents is 1. The normalized spacial score (nSPS) is 15.4. The SMILES string of the molecule is COC(=O)C1=C(C(F)(F)F)NC(C)=C(C(=O)OCCCCCCN(C)CC(O)COc2ccccc2)C1c1cccc([N+](=O)[O-])c1.Cl. The lowest BCUT2D eigenvalue weighted by atomic mass is 9.80. The van der Waals surface area contributed by atoms with Crippen LogP contribution in [0.5, 0.6) is 5.75 Å². The Labute approximate surface area is 276 Å². The van der Waals surface area contributed by atoms with Crippen LogP contribution < -0.4 is 10.1 Å². The summed E-state index contributed by atoms with van der Waals surface area (Å²) >= 11 is 0. The first-order valence-corrected chi connectivity index (χ1v) is 14.7. The number of nitrogens with zero attached hydrogens (tertiary/aromatic N) is 2. The second-order valence-corrected chi connectivity index (χ2v) is 10.8. The Morgan fingerprint density at radius 3 is 2.36 bits per heavy atom. The summed E-state index contributed by atoms with van der Waals surface area (Å²) in [5.74, 6) is -3.27. The fraction of sp³-hybridized carbons (Fsp3) is 0.438. The first-order valence-electron chi connectivity index (χ1n) is 14.7. The quantitative estimate of drug-likeness (QED) is 0.102. The summed E-state index contributed by atoms with van der Waals surface area (Å²) in [5, 5.41) is 23.8. The van der Waals surface area contributed by atoms with Gasteiger partial charge in [-0.25, -0.2) is 9.59 Å². The molecule has 258 valence electrons. The summed E-state index contributed by atoms with van der Waals surface area (Å²) in [5.41, 5.74) is -3.34. The number of nitrogens with one attached hydrogen (secondary N) is 1. The minimum Gasteiger partial charge on any atom is -0.491 e. The molecule has 0 amide bonds. The first-order chi connectivity index (χ1) is 21.8. The van der Waals surface area contributed by atoms with Crippen molar-refractivity contribution >= 4 is 30.0 Å². The lowest BCUT2D eigenvalue weighted by Crippen LogP contribution is -2.38. The average Bonchev–Trinajstić information content (AvgIpc) is 3.02. The van der Waals surface area contributed by atoms with E-state index in [0.717, 1.165) is 38.6 Å². The van der Waals surface area contributed by atoms with Crippen molar-refractivity contribution in [2.24, 2.45) is 0 Å². The maximum absolute atomic E-state index is 14.1. The number of methoxy groups -OCH3 is 1. The molecule has 0 saturated carbocycles. The molecule has 1 heterocycles. The number of allylic oxidation sites excluding steroid dienone is 2. The van der Waals surface area contributed by atoms with Crippen molar-refractivity contribution in [3.8, 4) is 5.75 Å². The van der Waals surface area contributed by atoms with Gasteiger partial charge in [0, 0.05) is 24.4 Å².